The van der Waals surface area contributed by atoms with Crippen molar-refractivity contribution in [2.45, 2.75) is 6.92 Å². The van der Waals surface area contributed by atoms with Crippen molar-refractivity contribution in [2.24, 2.45) is 0 Å². The zero-order valence-electron chi connectivity index (χ0n) is 5.84. The lowest BCUT2D eigenvalue weighted by atomic mass is 10.4. The third-order valence-corrected chi connectivity index (χ3v) is 1.12. The van der Waals surface area contributed by atoms with Gasteiger partial charge in [0.25, 0.3) is 0 Å². The average Bonchev–Trinajstić information content (AvgIpc) is 1.98. The second-order valence-corrected chi connectivity index (χ2v) is 1.89. The van der Waals surface area contributed by atoms with Gasteiger partial charge in [-0.3, -0.25) is 9.78 Å². The fourth-order valence-corrected chi connectivity index (χ4v) is 0.620. The Kier molecular flexibility index (Phi) is 2.10. The molecule has 0 unspecified atom stereocenters. The Morgan fingerprint density at radius 2 is 2.45 bits per heavy atom. The Morgan fingerprint density at radius 1 is 1.73 bits per heavy atom. The predicted molar refractivity (Wildman–Crippen MR) is 36.4 cm³/mol. The highest BCUT2D eigenvalue weighted by Crippen LogP contribution is 2.06. The minimum Gasteiger partial charge on any atom is -0.312 e. The van der Waals surface area contributed by atoms with Crippen molar-refractivity contribution in [3.63, 3.8) is 0 Å². The first-order chi connectivity index (χ1) is 5.24. The molecule has 0 aliphatic rings. The summed E-state index contributed by atoms with van der Waals surface area (Å²) in [5, 5.41) is 2.22. The number of halogens is 1. The molecule has 0 aromatic carbocycles. The standard InChI is InChI=1S/C6H6FN3O/c1-4-6(9-3-11)10-5(7)2-8-4/h2-3H,1H3,(H,9,10,11). The summed E-state index contributed by atoms with van der Waals surface area (Å²) in [6, 6.07) is 0. The Labute approximate surface area is 62.5 Å². The van der Waals surface area contributed by atoms with Gasteiger partial charge in [-0.15, -0.1) is 0 Å². The molecule has 1 heterocycles. The minimum absolute atomic E-state index is 0.153. The number of aromatic nitrogens is 2. The molecule has 0 radical (unpaired) electrons. The van der Waals surface area contributed by atoms with E-state index in [4.69, 9.17) is 0 Å². The van der Waals surface area contributed by atoms with Crippen molar-refractivity contribution in [1.29, 1.82) is 0 Å². The maximum atomic E-state index is 12.3. The third kappa shape index (κ3) is 1.70. The molecular formula is C6H6FN3O. The molecule has 0 bridgehead atoms. The highest BCUT2D eigenvalue weighted by Gasteiger charge is 2.00. The number of carbonyl (C=O) groups is 1. The molecule has 1 N–H and O–H groups in total. The van der Waals surface area contributed by atoms with Crippen LogP contribution in [0.2, 0.25) is 0 Å². The molecule has 5 heteroatoms. The van der Waals surface area contributed by atoms with Crippen molar-refractivity contribution in [3.05, 3.63) is 17.8 Å². The van der Waals surface area contributed by atoms with Gasteiger partial charge in [-0.2, -0.15) is 9.37 Å². The van der Waals surface area contributed by atoms with E-state index in [0.717, 1.165) is 6.20 Å². The zero-order valence-corrected chi connectivity index (χ0v) is 5.84. The molecule has 1 aromatic heterocycles. The van der Waals surface area contributed by atoms with E-state index >= 15 is 0 Å². The molecular weight excluding hydrogens is 149 g/mol. The lowest BCUT2D eigenvalue weighted by Crippen LogP contribution is -2.02. The molecule has 1 aromatic rings. The lowest BCUT2D eigenvalue weighted by molar-refractivity contribution is -0.105. The van der Waals surface area contributed by atoms with Gasteiger partial charge in [-0.25, -0.2) is 0 Å². The summed E-state index contributed by atoms with van der Waals surface area (Å²) in [6.45, 7) is 1.62. The van der Waals surface area contributed by atoms with Crippen LogP contribution < -0.4 is 5.32 Å². The van der Waals surface area contributed by atoms with Crippen LogP contribution >= 0.6 is 0 Å². The van der Waals surface area contributed by atoms with Crippen LogP contribution in [-0.2, 0) is 4.79 Å². The van der Waals surface area contributed by atoms with Crippen molar-refractivity contribution in [1.82, 2.24) is 9.97 Å². The van der Waals surface area contributed by atoms with E-state index in [1.54, 1.807) is 6.92 Å². The summed E-state index contributed by atoms with van der Waals surface area (Å²) in [5.41, 5.74) is 0.485. The van der Waals surface area contributed by atoms with Gasteiger partial charge in [0, 0.05) is 0 Å². The van der Waals surface area contributed by atoms with Crippen LogP contribution in [0, 0.1) is 12.9 Å². The van der Waals surface area contributed by atoms with E-state index in [1.807, 2.05) is 0 Å². The minimum atomic E-state index is -0.708. The predicted octanol–water partition coefficient (Wildman–Crippen LogP) is 0.492. The molecule has 1 amide bonds. The van der Waals surface area contributed by atoms with Crippen molar-refractivity contribution in [2.75, 3.05) is 5.32 Å². The van der Waals surface area contributed by atoms with Crippen LogP contribution in [-0.4, -0.2) is 16.4 Å². The van der Waals surface area contributed by atoms with Gasteiger partial charge in [0.15, 0.2) is 5.82 Å². The van der Waals surface area contributed by atoms with Gasteiger partial charge in [-0.05, 0) is 6.92 Å². The highest BCUT2D eigenvalue weighted by atomic mass is 19.1. The smallest absolute Gasteiger partial charge is 0.233 e. The summed E-state index contributed by atoms with van der Waals surface area (Å²) in [5.74, 6) is -0.556. The Bertz CT molecular complexity index is 277. The number of carbonyl (C=O) groups excluding carboxylic acids is 1. The number of anilines is 1. The van der Waals surface area contributed by atoms with Gasteiger partial charge in [-0.1, -0.05) is 0 Å². The number of hydrogen-bond donors (Lipinski definition) is 1. The van der Waals surface area contributed by atoms with Crippen LogP contribution in [0.15, 0.2) is 6.20 Å². The summed E-state index contributed by atoms with van der Waals surface area (Å²) in [4.78, 5) is 17.0. The number of hydrogen-bond acceptors (Lipinski definition) is 3. The van der Waals surface area contributed by atoms with E-state index in [-0.39, 0.29) is 5.82 Å². The number of nitrogens with zero attached hydrogens (tertiary/aromatic N) is 2. The first-order valence-electron chi connectivity index (χ1n) is 2.93. The molecule has 0 saturated heterocycles. The molecule has 0 spiro atoms. The highest BCUT2D eigenvalue weighted by molar-refractivity contribution is 5.69. The van der Waals surface area contributed by atoms with Crippen LogP contribution in [0.1, 0.15) is 5.69 Å². The summed E-state index contributed by atoms with van der Waals surface area (Å²) < 4.78 is 12.3. The molecule has 11 heavy (non-hydrogen) atoms. The van der Waals surface area contributed by atoms with Crippen molar-refractivity contribution >= 4 is 12.2 Å². The molecule has 0 atom stereocenters. The van der Waals surface area contributed by atoms with Crippen LogP contribution in [0.5, 0.6) is 0 Å². The van der Waals surface area contributed by atoms with E-state index in [2.05, 4.69) is 15.3 Å². The van der Waals surface area contributed by atoms with E-state index in [9.17, 15) is 9.18 Å². The third-order valence-electron chi connectivity index (χ3n) is 1.12. The summed E-state index contributed by atoms with van der Waals surface area (Å²) in [7, 11) is 0. The van der Waals surface area contributed by atoms with Crippen molar-refractivity contribution < 1.29 is 9.18 Å². The number of rotatable bonds is 2. The quantitative estimate of drug-likeness (QED) is 0.632. The zero-order chi connectivity index (χ0) is 8.27. The normalized spacial score (nSPS) is 9.27. The number of aryl methyl sites for hydroxylation is 1. The fraction of sp³-hybridized carbons (Fsp3) is 0.167. The van der Waals surface area contributed by atoms with Crippen LogP contribution in [0.3, 0.4) is 0 Å². The van der Waals surface area contributed by atoms with E-state index in [1.165, 1.54) is 0 Å². The molecule has 58 valence electrons. The molecule has 4 nitrogen and oxygen atoms in total. The summed E-state index contributed by atoms with van der Waals surface area (Å²) >= 11 is 0. The molecule has 0 fully saturated rings. The van der Waals surface area contributed by atoms with Gasteiger partial charge < -0.3 is 5.32 Å². The largest absolute Gasteiger partial charge is 0.312 e. The first-order valence-corrected chi connectivity index (χ1v) is 2.93. The maximum absolute atomic E-state index is 12.3. The lowest BCUT2D eigenvalue weighted by Gasteiger charge is -1.99. The number of amides is 1. The molecule has 0 aliphatic carbocycles. The number of nitrogens with one attached hydrogen (secondary N) is 1. The Balaban J connectivity index is 3.01. The van der Waals surface area contributed by atoms with Crippen molar-refractivity contribution in [3.8, 4) is 0 Å². The van der Waals surface area contributed by atoms with Gasteiger partial charge >= 0.3 is 0 Å². The second-order valence-electron chi connectivity index (χ2n) is 1.89. The fourth-order valence-electron chi connectivity index (χ4n) is 0.620. The van der Waals surface area contributed by atoms with Gasteiger partial charge in [0.1, 0.15) is 0 Å². The Morgan fingerprint density at radius 3 is 3.09 bits per heavy atom. The van der Waals surface area contributed by atoms with E-state index < -0.39 is 5.95 Å². The van der Waals surface area contributed by atoms with E-state index in [0.29, 0.717) is 12.1 Å². The molecule has 0 saturated carbocycles. The maximum Gasteiger partial charge on any atom is 0.233 e. The average molecular weight is 155 g/mol. The second kappa shape index (κ2) is 3.05. The molecule has 1 rings (SSSR count). The first kappa shape index (κ1) is 7.59. The molecule has 0 aliphatic heterocycles. The summed E-state index contributed by atoms with van der Waals surface area (Å²) in [6.07, 6.45) is 1.42. The van der Waals surface area contributed by atoms with Gasteiger partial charge in [0.2, 0.25) is 12.4 Å². The topological polar surface area (TPSA) is 54.9 Å². The monoisotopic (exact) mass is 155 g/mol. The Hall–Kier alpha value is -1.52. The van der Waals surface area contributed by atoms with Crippen LogP contribution in [0.4, 0.5) is 10.2 Å². The van der Waals surface area contributed by atoms with Crippen LogP contribution in [0.25, 0.3) is 0 Å². The SMILES string of the molecule is Cc1ncc(F)nc1NC=O. The van der Waals surface area contributed by atoms with Gasteiger partial charge in [0.05, 0.1) is 11.9 Å².